The maximum Gasteiger partial charge on any atom is 0.362 e. The van der Waals surface area contributed by atoms with Gasteiger partial charge in [0, 0.05) is 5.02 Å². The Morgan fingerprint density at radius 1 is 1.53 bits per heavy atom. The molecule has 0 heterocycles. The number of hydrogen-bond acceptors (Lipinski definition) is 3. The summed E-state index contributed by atoms with van der Waals surface area (Å²) in [6.07, 6.45) is 1.25. The molecule has 0 atom stereocenters. The second-order valence-electron chi connectivity index (χ2n) is 2.56. The molecule has 0 aromatic heterocycles. The van der Waals surface area contributed by atoms with Crippen molar-refractivity contribution in [2.45, 2.75) is 0 Å². The number of carboxylic acids is 1. The number of benzene rings is 1. The van der Waals surface area contributed by atoms with Crippen LogP contribution in [0.5, 0.6) is 0 Å². The van der Waals surface area contributed by atoms with E-state index in [1.54, 1.807) is 24.3 Å². The second kappa shape index (κ2) is 5.05. The third-order valence-electron chi connectivity index (χ3n) is 1.57. The van der Waals surface area contributed by atoms with Gasteiger partial charge < -0.3 is 5.11 Å². The fourth-order valence-electron chi connectivity index (χ4n) is 0.927. The molecule has 0 amide bonds. The summed E-state index contributed by atoms with van der Waals surface area (Å²) in [5.74, 6) is -1.26. The van der Waals surface area contributed by atoms with Gasteiger partial charge in [-0.2, -0.15) is 0 Å². The first-order chi connectivity index (χ1) is 7.15. The van der Waals surface area contributed by atoms with E-state index in [1.807, 2.05) is 0 Å². The minimum atomic E-state index is -1.26. The van der Waals surface area contributed by atoms with Crippen molar-refractivity contribution in [3.8, 4) is 0 Å². The number of nitrogens with one attached hydrogen (secondary N) is 1. The quantitative estimate of drug-likeness (QED) is 0.469. The molecule has 0 spiro atoms. The molecule has 15 heavy (non-hydrogen) atoms. The summed E-state index contributed by atoms with van der Waals surface area (Å²) < 4.78 is 0. The largest absolute Gasteiger partial charge is 0.476 e. The van der Waals surface area contributed by atoms with Gasteiger partial charge in [0.05, 0.1) is 0 Å². The Morgan fingerprint density at radius 2 is 2.20 bits per heavy atom. The predicted octanol–water partition coefficient (Wildman–Crippen LogP) is 2.32. The fourth-order valence-corrected chi connectivity index (χ4v) is 1.12. The van der Waals surface area contributed by atoms with E-state index in [1.165, 1.54) is 6.08 Å². The molecular formula is C9H7ClN3O2+. The fraction of sp³-hybridized carbons (Fsp3) is 0. The van der Waals surface area contributed by atoms with Crippen LogP contribution in [0.1, 0.15) is 5.56 Å². The number of hydrogen-bond donors (Lipinski definition) is 2. The average Bonchev–Trinajstić information content (AvgIpc) is 2.20. The highest BCUT2D eigenvalue weighted by Crippen LogP contribution is 2.18. The van der Waals surface area contributed by atoms with Crippen LogP contribution in [-0.2, 0) is 4.79 Å². The van der Waals surface area contributed by atoms with Crippen LogP contribution in [0, 0.1) is 5.53 Å². The van der Waals surface area contributed by atoms with Crippen LogP contribution in [0.15, 0.2) is 35.1 Å². The van der Waals surface area contributed by atoms with Gasteiger partial charge in [-0.25, -0.2) is 4.79 Å². The topological polar surface area (TPSA) is 87.6 Å². The summed E-state index contributed by atoms with van der Waals surface area (Å²) in [7, 11) is 0. The van der Waals surface area contributed by atoms with E-state index >= 15 is 0 Å². The third kappa shape index (κ3) is 3.02. The van der Waals surface area contributed by atoms with Crippen LogP contribution in [0.3, 0.4) is 0 Å². The van der Waals surface area contributed by atoms with E-state index < -0.39 is 5.97 Å². The maximum absolute atomic E-state index is 10.7. The zero-order valence-electron chi connectivity index (χ0n) is 7.51. The number of carbonyl (C=O) groups is 1. The molecule has 1 rings (SSSR count). The van der Waals surface area contributed by atoms with E-state index in [0.29, 0.717) is 10.6 Å². The van der Waals surface area contributed by atoms with Gasteiger partial charge in [-0.05, 0) is 17.7 Å². The van der Waals surface area contributed by atoms with Crippen molar-refractivity contribution in [2.24, 2.45) is 5.11 Å². The number of rotatable bonds is 3. The summed E-state index contributed by atoms with van der Waals surface area (Å²) >= 11 is 5.82. The summed E-state index contributed by atoms with van der Waals surface area (Å²) in [5.41, 5.74) is 6.65. The van der Waals surface area contributed by atoms with Gasteiger partial charge in [0.15, 0.2) is 5.11 Å². The third-order valence-corrected chi connectivity index (χ3v) is 1.92. The van der Waals surface area contributed by atoms with Gasteiger partial charge in [-0.3, -0.25) is 0 Å². The van der Waals surface area contributed by atoms with E-state index in [-0.39, 0.29) is 5.70 Å². The first-order valence-electron chi connectivity index (χ1n) is 3.92. The van der Waals surface area contributed by atoms with Gasteiger partial charge >= 0.3 is 5.97 Å². The zero-order valence-corrected chi connectivity index (χ0v) is 8.27. The SMILES string of the molecule is N=[N+]=N/C(=C\c1ccccc1Cl)C(=O)O. The Morgan fingerprint density at radius 3 is 2.73 bits per heavy atom. The summed E-state index contributed by atoms with van der Waals surface area (Å²) in [6, 6.07) is 6.72. The molecule has 2 N–H and O–H groups in total. The van der Waals surface area contributed by atoms with Crippen LogP contribution in [0.25, 0.3) is 6.08 Å². The van der Waals surface area contributed by atoms with Crippen LogP contribution in [0.2, 0.25) is 5.02 Å². The monoisotopic (exact) mass is 224 g/mol. The molecule has 0 aliphatic rings. The Hall–Kier alpha value is -1.97. The smallest absolute Gasteiger partial charge is 0.362 e. The van der Waals surface area contributed by atoms with Crippen molar-refractivity contribution in [3.05, 3.63) is 40.5 Å². The molecule has 0 aliphatic carbocycles. The van der Waals surface area contributed by atoms with Gasteiger partial charge in [0.25, 0.3) is 0 Å². The predicted molar refractivity (Wildman–Crippen MR) is 54.3 cm³/mol. The second-order valence-corrected chi connectivity index (χ2v) is 2.96. The Balaban J connectivity index is 3.19. The van der Waals surface area contributed by atoms with E-state index in [4.69, 9.17) is 22.2 Å². The van der Waals surface area contributed by atoms with Gasteiger partial charge in [-0.15, -0.1) is 0 Å². The lowest BCUT2D eigenvalue weighted by molar-refractivity contribution is -0.132. The van der Waals surface area contributed by atoms with Crippen molar-refractivity contribution in [1.29, 1.82) is 5.53 Å². The lowest BCUT2D eigenvalue weighted by Gasteiger charge is -1.95. The van der Waals surface area contributed by atoms with Crippen LogP contribution in [0.4, 0.5) is 0 Å². The summed E-state index contributed by atoms with van der Waals surface area (Å²) in [6.45, 7) is 0. The molecule has 6 heteroatoms. The molecule has 0 fully saturated rings. The van der Waals surface area contributed by atoms with Gasteiger partial charge in [0.1, 0.15) is 5.53 Å². The molecule has 0 aliphatic heterocycles. The van der Waals surface area contributed by atoms with Crippen molar-refractivity contribution < 1.29 is 9.90 Å². The van der Waals surface area contributed by atoms with E-state index in [2.05, 4.69) is 10.0 Å². The molecule has 5 nitrogen and oxygen atoms in total. The number of halogens is 1. The Kier molecular flexibility index (Phi) is 3.74. The average molecular weight is 225 g/mol. The van der Waals surface area contributed by atoms with Crippen molar-refractivity contribution in [2.75, 3.05) is 0 Å². The summed E-state index contributed by atoms with van der Waals surface area (Å²) in [5, 5.41) is 12.3. The lowest BCUT2D eigenvalue weighted by atomic mass is 10.2. The highest BCUT2D eigenvalue weighted by atomic mass is 35.5. The van der Waals surface area contributed by atoms with Gasteiger partial charge in [0.2, 0.25) is 10.6 Å². The summed E-state index contributed by atoms with van der Waals surface area (Å²) in [4.78, 5) is 13.3. The lowest BCUT2D eigenvalue weighted by Crippen LogP contribution is -1.97. The van der Waals surface area contributed by atoms with Crippen LogP contribution >= 0.6 is 11.6 Å². The molecule has 0 saturated carbocycles. The Labute approximate surface area is 90.2 Å². The molecule has 1 aromatic rings. The zero-order chi connectivity index (χ0) is 11.3. The first-order valence-corrected chi connectivity index (χ1v) is 4.30. The maximum atomic E-state index is 10.7. The molecular weight excluding hydrogens is 218 g/mol. The van der Waals surface area contributed by atoms with Crippen molar-refractivity contribution >= 4 is 23.6 Å². The molecule has 0 unspecified atom stereocenters. The van der Waals surface area contributed by atoms with Crippen LogP contribution in [-0.4, -0.2) is 11.1 Å². The van der Waals surface area contributed by atoms with E-state index in [0.717, 1.165) is 0 Å². The molecule has 1 aromatic carbocycles. The highest BCUT2D eigenvalue weighted by Gasteiger charge is 2.12. The number of nitrogens with zero attached hydrogens (tertiary/aromatic N) is 2. The number of aliphatic carboxylic acids is 1. The van der Waals surface area contributed by atoms with Crippen molar-refractivity contribution in [1.82, 2.24) is 4.91 Å². The molecule has 0 radical (unpaired) electrons. The number of carboxylic acid groups (broad SMARTS) is 1. The van der Waals surface area contributed by atoms with Gasteiger partial charge in [-0.1, -0.05) is 29.8 Å². The van der Waals surface area contributed by atoms with E-state index in [9.17, 15) is 4.79 Å². The van der Waals surface area contributed by atoms with Crippen molar-refractivity contribution in [3.63, 3.8) is 0 Å². The normalized spacial score (nSPS) is 10.6. The minimum Gasteiger partial charge on any atom is -0.476 e. The standard InChI is InChI=1S/C9H6ClN3O2/c10-7-4-2-1-3-6(7)5-8(9(14)15)12-13-11/h1-5,11H/p+1/b8-5-. The highest BCUT2D eigenvalue weighted by molar-refractivity contribution is 6.32. The molecule has 0 bridgehead atoms. The first kappa shape index (κ1) is 11.1. The molecule has 76 valence electrons. The minimum absolute atomic E-state index is 0.335. The molecule has 0 saturated heterocycles. The Bertz CT molecular complexity index is 460. The van der Waals surface area contributed by atoms with Crippen LogP contribution < -0.4 is 4.91 Å².